The number of hydrogen-bond donors (Lipinski definition) is 0. The van der Waals surface area contributed by atoms with Crippen molar-refractivity contribution in [3.05, 3.63) is 230 Å². The molecule has 1 aliphatic rings. The first-order valence-electron chi connectivity index (χ1n) is 21.4. The second-order valence-electron chi connectivity index (χ2n) is 17.3. The molecule has 0 heterocycles. The summed E-state index contributed by atoms with van der Waals surface area (Å²) >= 11 is 0. The van der Waals surface area contributed by atoms with Crippen molar-refractivity contribution in [2.75, 3.05) is 0 Å². The Balaban J connectivity index is 1.05. The molecule has 0 bridgehead atoms. The fraction of sp³-hybridized carbons (Fsp3) is 0.0492. The van der Waals surface area contributed by atoms with Gasteiger partial charge in [0.05, 0.1) is 0 Å². The zero-order chi connectivity index (χ0) is 40.7. The maximum atomic E-state index is 2.44. The highest BCUT2D eigenvalue weighted by Crippen LogP contribution is 2.50. The van der Waals surface area contributed by atoms with Gasteiger partial charge in [0.25, 0.3) is 0 Å². The van der Waals surface area contributed by atoms with Crippen molar-refractivity contribution in [2.45, 2.75) is 19.3 Å². The van der Waals surface area contributed by atoms with Gasteiger partial charge in [-0.05, 0) is 163 Å². The van der Waals surface area contributed by atoms with Crippen LogP contribution < -0.4 is 0 Å². The molecule has 0 fully saturated rings. The Morgan fingerprint density at radius 2 is 0.705 bits per heavy atom. The topological polar surface area (TPSA) is 0 Å². The molecule has 0 saturated carbocycles. The van der Waals surface area contributed by atoms with E-state index in [0.717, 1.165) is 0 Å². The van der Waals surface area contributed by atoms with Gasteiger partial charge in [-0.3, -0.25) is 0 Å². The van der Waals surface area contributed by atoms with Gasteiger partial charge < -0.3 is 0 Å². The van der Waals surface area contributed by atoms with E-state index in [1.54, 1.807) is 0 Å². The Kier molecular flexibility index (Phi) is 7.99. The van der Waals surface area contributed by atoms with Crippen LogP contribution in [0, 0.1) is 0 Å². The molecule has 0 aliphatic heterocycles. The van der Waals surface area contributed by atoms with Crippen molar-refractivity contribution in [2.24, 2.45) is 0 Å². The van der Waals surface area contributed by atoms with Crippen LogP contribution in [0.2, 0.25) is 0 Å². The summed E-state index contributed by atoms with van der Waals surface area (Å²) in [5.74, 6) is 0. The minimum absolute atomic E-state index is 0.0582. The molecule has 0 amide bonds. The molecule has 1 aliphatic carbocycles. The van der Waals surface area contributed by atoms with Crippen LogP contribution in [0.3, 0.4) is 0 Å². The van der Waals surface area contributed by atoms with Gasteiger partial charge in [-0.2, -0.15) is 0 Å². The average molecular weight is 775 g/mol. The van der Waals surface area contributed by atoms with Crippen molar-refractivity contribution in [1.29, 1.82) is 0 Å². The van der Waals surface area contributed by atoms with Crippen LogP contribution in [0.1, 0.15) is 25.0 Å². The Morgan fingerprint density at radius 1 is 0.230 bits per heavy atom. The molecule has 0 spiro atoms. The summed E-state index contributed by atoms with van der Waals surface area (Å²) in [7, 11) is 0. The van der Waals surface area contributed by atoms with Crippen molar-refractivity contribution >= 4 is 43.1 Å². The van der Waals surface area contributed by atoms with Gasteiger partial charge in [0.1, 0.15) is 0 Å². The fourth-order valence-corrected chi connectivity index (χ4v) is 10.3. The number of hydrogen-bond acceptors (Lipinski definition) is 0. The molecule has 0 saturated heterocycles. The quantitative estimate of drug-likeness (QED) is 0.153. The molecular weight excluding hydrogens is 733 g/mol. The Labute approximate surface area is 357 Å². The summed E-state index contributed by atoms with van der Waals surface area (Å²) < 4.78 is 0. The van der Waals surface area contributed by atoms with Gasteiger partial charge in [0.15, 0.2) is 0 Å². The Morgan fingerprint density at radius 3 is 1.44 bits per heavy atom. The lowest BCUT2D eigenvalue weighted by Gasteiger charge is -2.22. The second-order valence-corrected chi connectivity index (χ2v) is 17.3. The molecule has 0 N–H and O–H groups in total. The van der Waals surface area contributed by atoms with Crippen molar-refractivity contribution in [3.63, 3.8) is 0 Å². The van der Waals surface area contributed by atoms with E-state index in [0.29, 0.717) is 0 Å². The molecule has 0 aromatic heterocycles. The van der Waals surface area contributed by atoms with E-state index in [1.807, 2.05) is 0 Å². The van der Waals surface area contributed by atoms with E-state index in [2.05, 4.69) is 232 Å². The number of fused-ring (bicyclic) bond motifs is 8. The van der Waals surface area contributed by atoms with E-state index in [4.69, 9.17) is 0 Å². The van der Waals surface area contributed by atoms with E-state index < -0.39 is 0 Å². The molecular formula is C61H42. The molecule has 61 heavy (non-hydrogen) atoms. The van der Waals surface area contributed by atoms with E-state index in [-0.39, 0.29) is 5.41 Å². The summed E-state index contributed by atoms with van der Waals surface area (Å²) in [5, 5.41) is 9.98. The van der Waals surface area contributed by atoms with E-state index >= 15 is 0 Å². The third-order valence-electron chi connectivity index (χ3n) is 13.4. The normalized spacial score (nSPS) is 12.9. The zero-order valence-corrected chi connectivity index (χ0v) is 34.3. The molecule has 0 nitrogen and oxygen atoms in total. The lowest BCUT2D eigenvalue weighted by molar-refractivity contribution is 0.660. The van der Waals surface area contributed by atoms with Gasteiger partial charge in [-0.1, -0.05) is 190 Å². The molecule has 0 heteroatoms. The van der Waals surface area contributed by atoms with Crippen molar-refractivity contribution in [1.82, 2.24) is 0 Å². The lowest BCUT2D eigenvalue weighted by Crippen LogP contribution is -2.14. The molecule has 286 valence electrons. The third-order valence-corrected chi connectivity index (χ3v) is 13.4. The first kappa shape index (κ1) is 35.4. The SMILES string of the molecule is CC1(C)c2ccccc2-c2ccc(-c3ccccc3-c3ccc4c(c3)cc(-c3ccc5ccccc5c3)c3cc(-c5cc6ccccc6cc5-c5ccccc5)ccc34)cc21. The molecule has 11 aromatic carbocycles. The molecule has 0 unspecified atom stereocenters. The monoisotopic (exact) mass is 774 g/mol. The maximum Gasteiger partial charge on any atom is 0.0159 e. The van der Waals surface area contributed by atoms with E-state index in [1.165, 1.54) is 121 Å². The first-order valence-corrected chi connectivity index (χ1v) is 21.4. The number of rotatable bonds is 5. The van der Waals surface area contributed by atoms with Gasteiger partial charge in [0.2, 0.25) is 0 Å². The summed E-state index contributed by atoms with van der Waals surface area (Å²) in [6.07, 6.45) is 0. The highest BCUT2D eigenvalue weighted by molar-refractivity contribution is 6.16. The maximum absolute atomic E-state index is 2.44. The van der Waals surface area contributed by atoms with Crippen LogP contribution in [-0.2, 0) is 5.41 Å². The predicted octanol–water partition coefficient (Wildman–Crippen LogP) is 16.9. The van der Waals surface area contributed by atoms with E-state index in [9.17, 15) is 0 Å². The van der Waals surface area contributed by atoms with Crippen LogP contribution in [0.25, 0.3) is 110 Å². The molecule has 11 aromatic rings. The predicted molar refractivity (Wildman–Crippen MR) is 261 cm³/mol. The highest BCUT2D eigenvalue weighted by atomic mass is 14.4. The van der Waals surface area contributed by atoms with Crippen LogP contribution in [0.15, 0.2) is 218 Å². The standard InChI is InChI=1S/C61H42/c1-61(2)59-23-13-12-22-53(59)54-31-28-47(38-60(54)61)50-21-11-10-20-49(50)44-26-29-51-48(33-44)37-57(45-25-24-39-14-6-7-17-41(39)32-45)58-36-46(27-30-52(51)58)56-35-43-19-9-8-18-42(43)34-55(56)40-15-4-3-5-16-40/h3-38H,1-2H3. The Bertz CT molecular complexity index is 3550. The minimum atomic E-state index is -0.0582. The Hall–Kier alpha value is -7.54. The first-order chi connectivity index (χ1) is 30.0. The highest BCUT2D eigenvalue weighted by Gasteiger charge is 2.35. The van der Waals surface area contributed by atoms with Crippen LogP contribution >= 0.6 is 0 Å². The summed E-state index contributed by atoms with van der Waals surface area (Å²) in [6.45, 7) is 4.72. The van der Waals surface area contributed by atoms with Crippen LogP contribution in [0.4, 0.5) is 0 Å². The largest absolute Gasteiger partial charge is 0.0622 e. The van der Waals surface area contributed by atoms with Crippen molar-refractivity contribution in [3.8, 4) is 66.8 Å². The number of benzene rings is 11. The molecule has 0 radical (unpaired) electrons. The summed E-state index contributed by atoms with van der Waals surface area (Å²) in [6, 6.07) is 81.4. The van der Waals surface area contributed by atoms with Crippen LogP contribution in [0.5, 0.6) is 0 Å². The second kappa shape index (κ2) is 13.8. The third kappa shape index (κ3) is 5.75. The van der Waals surface area contributed by atoms with Crippen molar-refractivity contribution < 1.29 is 0 Å². The molecule has 0 atom stereocenters. The smallest absolute Gasteiger partial charge is 0.0159 e. The minimum Gasteiger partial charge on any atom is -0.0622 e. The fourth-order valence-electron chi connectivity index (χ4n) is 10.3. The zero-order valence-electron chi connectivity index (χ0n) is 34.3. The van der Waals surface area contributed by atoms with Crippen LogP contribution in [-0.4, -0.2) is 0 Å². The summed E-state index contributed by atoms with van der Waals surface area (Å²) in [4.78, 5) is 0. The van der Waals surface area contributed by atoms with Gasteiger partial charge in [0, 0.05) is 5.41 Å². The van der Waals surface area contributed by atoms with Gasteiger partial charge in [-0.25, -0.2) is 0 Å². The summed E-state index contributed by atoms with van der Waals surface area (Å²) in [5.41, 5.74) is 17.8. The molecule has 12 rings (SSSR count). The van der Waals surface area contributed by atoms with Gasteiger partial charge >= 0.3 is 0 Å². The lowest BCUT2D eigenvalue weighted by atomic mass is 9.81. The van der Waals surface area contributed by atoms with Gasteiger partial charge in [-0.15, -0.1) is 0 Å². The average Bonchev–Trinajstić information content (AvgIpc) is 3.55.